The number of aromatic carboxylic acids is 1. The Hall–Kier alpha value is -1.21. The second kappa shape index (κ2) is 7.40. The van der Waals surface area contributed by atoms with Crippen molar-refractivity contribution in [2.24, 2.45) is 0 Å². The summed E-state index contributed by atoms with van der Waals surface area (Å²) in [6, 6.07) is 1.32. The molecule has 1 unspecified atom stereocenters. The largest absolute Gasteiger partial charge is 0.478 e. The molecule has 1 atom stereocenters. The summed E-state index contributed by atoms with van der Waals surface area (Å²) in [6.07, 6.45) is 2.93. The van der Waals surface area contributed by atoms with Gasteiger partial charge in [0.1, 0.15) is 5.00 Å². The highest BCUT2D eigenvalue weighted by Crippen LogP contribution is 2.23. The lowest BCUT2D eigenvalue weighted by molar-refractivity contribution is 0.0698. The summed E-state index contributed by atoms with van der Waals surface area (Å²) in [7, 11) is 1.72. The minimum absolute atomic E-state index is 0.112. The van der Waals surface area contributed by atoms with E-state index in [1.807, 2.05) is 13.2 Å². The van der Waals surface area contributed by atoms with E-state index in [0.29, 0.717) is 5.00 Å². The minimum Gasteiger partial charge on any atom is -0.478 e. The maximum absolute atomic E-state index is 12.0. The van der Waals surface area contributed by atoms with Gasteiger partial charge in [0.05, 0.1) is 5.56 Å². The van der Waals surface area contributed by atoms with Crippen LogP contribution >= 0.6 is 23.1 Å². The molecule has 0 spiro atoms. The maximum atomic E-state index is 12.0. The predicted octanol–water partition coefficient (Wildman–Crippen LogP) is 3.05. The lowest BCUT2D eigenvalue weighted by atomic mass is 10.2. The number of hydrogen-bond acceptors (Lipinski definition) is 4. The number of nitrogens with zero attached hydrogens (tertiary/aromatic N) is 1. The van der Waals surface area contributed by atoms with Crippen molar-refractivity contribution in [1.82, 2.24) is 4.90 Å². The number of carboxylic acids is 1. The fraction of sp³-hybridized carbons (Fsp3) is 0.500. The van der Waals surface area contributed by atoms with Crippen LogP contribution in [0.25, 0.3) is 0 Å². The van der Waals surface area contributed by atoms with E-state index in [4.69, 9.17) is 5.11 Å². The van der Waals surface area contributed by atoms with Crippen LogP contribution in [-0.2, 0) is 0 Å². The number of thiophene rings is 1. The van der Waals surface area contributed by atoms with Crippen LogP contribution in [0.5, 0.6) is 0 Å². The van der Waals surface area contributed by atoms with Gasteiger partial charge in [0, 0.05) is 13.1 Å². The zero-order valence-corrected chi connectivity index (χ0v) is 12.8. The molecule has 0 saturated heterocycles. The number of urea groups is 1. The first-order valence-electron chi connectivity index (χ1n) is 5.81. The van der Waals surface area contributed by atoms with Crippen LogP contribution in [0.4, 0.5) is 9.80 Å². The van der Waals surface area contributed by atoms with Gasteiger partial charge in [0.2, 0.25) is 0 Å². The number of carbonyl (C=O) groups excluding carboxylic acids is 1. The number of hydrogen-bond donors (Lipinski definition) is 2. The molecule has 0 aliphatic heterocycles. The van der Waals surface area contributed by atoms with Gasteiger partial charge in [-0.15, -0.1) is 11.3 Å². The highest BCUT2D eigenvalue weighted by molar-refractivity contribution is 7.98. The molecule has 0 aromatic carbocycles. The summed E-state index contributed by atoms with van der Waals surface area (Å²) in [5.41, 5.74) is 0.128. The molecule has 0 fully saturated rings. The van der Waals surface area contributed by atoms with Crippen LogP contribution in [0.15, 0.2) is 11.4 Å². The molecule has 0 bridgehead atoms. The summed E-state index contributed by atoms with van der Waals surface area (Å²) in [4.78, 5) is 24.6. The van der Waals surface area contributed by atoms with Crippen molar-refractivity contribution in [2.45, 2.75) is 19.4 Å². The predicted molar refractivity (Wildman–Crippen MR) is 80.5 cm³/mol. The first-order valence-corrected chi connectivity index (χ1v) is 8.08. The summed E-state index contributed by atoms with van der Waals surface area (Å²) < 4.78 is 0. The van der Waals surface area contributed by atoms with E-state index in [9.17, 15) is 9.59 Å². The highest BCUT2D eigenvalue weighted by Gasteiger charge is 2.19. The van der Waals surface area contributed by atoms with Crippen molar-refractivity contribution in [3.63, 3.8) is 0 Å². The van der Waals surface area contributed by atoms with Crippen molar-refractivity contribution >= 4 is 40.1 Å². The molecule has 19 heavy (non-hydrogen) atoms. The average Bonchev–Trinajstić information content (AvgIpc) is 2.83. The SMILES string of the molecule is CSCCC(C)N(C)C(=O)Nc1sccc1C(=O)O. The fourth-order valence-corrected chi connectivity index (χ4v) is 2.79. The van der Waals surface area contributed by atoms with Gasteiger partial charge >= 0.3 is 12.0 Å². The van der Waals surface area contributed by atoms with Gasteiger partial charge in [-0.25, -0.2) is 9.59 Å². The van der Waals surface area contributed by atoms with Gasteiger partial charge in [-0.05, 0) is 36.8 Å². The molecule has 7 heteroatoms. The second-order valence-electron chi connectivity index (χ2n) is 4.14. The van der Waals surface area contributed by atoms with E-state index in [-0.39, 0.29) is 17.6 Å². The first-order chi connectivity index (χ1) is 8.97. The minimum atomic E-state index is -1.03. The van der Waals surface area contributed by atoms with Gasteiger partial charge < -0.3 is 10.0 Å². The van der Waals surface area contributed by atoms with Crippen LogP contribution in [-0.4, -0.2) is 47.1 Å². The standard InChI is InChI=1S/C12H18N2O3S2/c1-8(4-6-18-3)14(2)12(17)13-10-9(11(15)16)5-7-19-10/h5,7-8H,4,6H2,1-3H3,(H,13,17)(H,15,16). The van der Waals surface area contributed by atoms with E-state index >= 15 is 0 Å². The molecule has 1 heterocycles. The number of anilines is 1. The Kier molecular flexibility index (Phi) is 6.17. The molecule has 5 nitrogen and oxygen atoms in total. The van der Waals surface area contributed by atoms with Crippen molar-refractivity contribution in [1.29, 1.82) is 0 Å². The molecule has 1 rings (SSSR count). The van der Waals surface area contributed by atoms with Crippen LogP contribution < -0.4 is 5.32 Å². The molecule has 106 valence electrons. The third-order valence-electron chi connectivity index (χ3n) is 2.84. The summed E-state index contributed by atoms with van der Waals surface area (Å²) in [5.74, 6) is -0.0485. The van der Waals surface area contributed by atoms with Crippen molar-refractivity contribution < 1.29 is 14.7 Å². The topological polar surface area (TPSA) is 69.6 Å². The molecule has 0 radical (unpaired) electrons. The molecule has 0 aliphatic carbocycles. The molecule has 1 aromatic rings. The van der Waals surface area contributed by atoms with E-state index in [2.05, 4.69) is 5.32 Å². The number of rotatable bonds is 6. The molecule has 0 aliphatic rings. The Labute approximate surface area is 121 Å². The number of carboxylic acid groups (broad SMARTS) is 1. The van der Waals surface area contributed by atoms with Gasteiger partial charge in [-0.3, -0.25) is 5.32 Å². The van der Waals surface area contributed by atoms with Gasteiger partial charge in [0.25, 0.3) is 0 Å². The Bertz CT molecular complexity index is 448. The number of amides is 2. The summed E-state index contributed by atoms with van der Waals surface area (Å²) >= 11 is 2.95. The van der Waals surface area contributed by atoms with E-state index < -0.39 is 5.97 Å². The van der Waals surface area contributed by atoms with Gasteiger partial charge in [-0.1, -0.05) is 0 Å². The Morgan fingerprint density at radius 2 is 2.26 bits per heavy atom. The molecule has 0 saturated carbocycles. The van der Waals surface area contributed by atoms with Gasteiger partial charge in [0.15, 0.2) is 0 Å². The molecule has 2 amide bonds. The average molecular weight is 302 g/mol. The zero-order chi connectivity index (χ0) is 14.4. The lowest BCUT2D eigenvalue weighted by Gasteiger charge is -2.24. The third-order valence-corrected chi connectivity index (χ3v) is 4.31. The zero-order valence-electron chi connectivity index (χ0n) is 11.2. The van der Waals surface area contributed by atoms with Crippen LogP contribution in [0, 0.1) is 0 Å². The Morgan fingerprint density at radius 1 is 1.58 bits per heavy atom. The number of thioether (sulfide) groups is 1. The quantitative estimate of drug-likeness (QED) is 0.847. The van der Waals surface area contributed by atoms with Crippen molar-refractivity contribution in [2.75, 3.05) is 24.4 Å². The lowest BCUT2D eigenvalue weighted by Crippen LogP contribution is -2.38. The number of carbonyl (C=O) groups is 2. The number of nitrogens with one attached hydrogen (secondary N) is 1. The van der Waals surface area contributed by atoms with Crippen LogP contribution in [0.3, 0.4) is 0 Å². The Balaban J connectivity index is 2.63. The van der Waals surface area contributed by atoms with Crippen molar-refractivity contribution in [3.8, 4) is 0 Å². The monoisotopic (exact) mass is 302 g/mol. The molecule has 1 aromatic heterocycles. The molecule has 2 N–H and O–H groups in total. The van der Waals surface area contributed by atoms with E-state index in [1.165, 1.54) is 17.4 Å². The van der Waals surface area contributed by atoms with E-state index in [1.54, 1.807) is 29.1 Å². The fourth-order valence-electron chi connectivity index (χ4n) is 1.44. The summed E-state index contributed by atoms with van der Waals surface area (Å²) in [5, 5.41) is 13.6. The second-order valence-corrected chi connectivity index (χ2v) is 6.04. The molecular weight excluding hydrogens is 284 g/mol. The highest BCUT2D eigenvalue weighted by atomic mass is 32.2. The molecular formula is C12H18N2O3S2. The maximum Gasteiger partial charge on any atom is 0.338 e. The first kappa shape index (κ1) is 15.8. The normalized spacial score (nSPS) is 11.9. The van der Waals surface area contributed by atoms with Crippen molar-refractivity contribution in [3.05, 3.63) is 17.0 Å². The Morgan fingerprint density at radius 3 is 2.84 bits per heavy atom. The van der Waals surface area contributed by atoms with E-state index in [0.717, 1.165) is 12.2 Å². The third kappa shape index (κ3) is 4.43. The van der Waals surface area contributed by atoms with Crippen LogP contribution in [0.2, 0.25) is 0 Å². The smallest absolute Gasteiger partial charge is 0.338 e. The van der Waals surface area contributed by atoms with Crippen LogP contribution in [0.1, 0.15) is 23.7 Å². The summed E-state index contributed by atoms with van der Waals surface area (Å²) in [6.45, 7) is 1.97. The van der Waals surface area contributed by atoms with Gasteiger partial charge in [-0.2, -0.15) is 11.8 Å².